The van der Waals surface area contributed by atoms with E-state index in [1.165, 1.54) is 7.11 Å². The van der Waals surface area contributed by atoms with Crippen LogP contribution < -0.4 is 10.1 Å². The predicted molar refractivity (Wildman–Crippen MR) is 85.2 cm³/mol. The molecule has 6 heteroatoms. The van der Waals surface area contributed by atoms with Gasteiger partial charge in [-0.25, -0.2) is 4.79 Å². The fourth-order valence-electron chi connectivity index (χ4n) is 1.96. The Morgan fingerprint density at radius 2 is 2.14 bits per heavy atom. The summed E-state index contributed by atoms with van der Waals surface area (Å²) in [5, 5.41) is 12.4. The maximum Gasteiger partial charge on any atom is 0.322 e. The quantitative estimate of drug-likeness (QED) is 0.723. The van der Waals surface area contributed by atoms with Gasteiger partial charge in [0.15, 0.2) is 0 Å². The Labute approximate surface area is 130 Å². The molecule has 0 radical (unpaired) electrons. The van der Waals surface area contributed by atoms with Gasteiger partial charge in [-0.15, -0.1) is 0 Å². The number of anilines is 1. The molecule has 1 aromatic carbocycles. The first-order valence-electron chi connectivity index (χ1n) is 7.12. The SMILES string of the molecule is CCCCCN(CCO)C(=O)Nc1cc(Cl)ccc1OC. The van der Waals surface area contributed by atoms with Crippen molar-refractivity contribution < 1.29 is 14.6 Å². The van der Waals surface area contributed by atoms with E-state index in [4.69, 9.17) is 21.4 Å². The Hall–Kier alpha value is -1.46. The molecule has 0 atom stereocenters. The highest BCUT2D eigenvalue weighted by Gasteiger charge is 2.15. The highest BCUT2D eigenvalue weighted by Crippen LogP contribution is 2.27. The normalized spacial score (nSPS) is 10.3. The number of nitrogens with zero attached hydrogens (tertiary/aromatic N) is 1. The molecule has 0 spiro atoms. The first-order valence-corrected chi connectivity index (χ1v) is 7.50. The van der Waals surface area contributed by atoms with Gasteiger partial charge in [-0.3, -0.25) is 0 Å². The number of halogens is 1. The number of carbonyl (C=O) groups excluding carboxylic acids is 1. The van der Waals surface area contributed by atoms with Crippen LogP contribution >= 0.6 is 11.6 Å². The van der Waals surface area contributed by atoms with E-state index in [1.807, 2.05) is 0 Å². The number of amides is 2. The summed E-state index contributed by atoms with van der Waals surface area (Å²) in [4.78, 5) is 13.9. The van der Waals surface area contributed by atoms with Crippen molar-refractivity contribution in [3.63, 3.8) is 0 Å². The summed E-state index contributed by atoms with van der Waals surface area (Å²) < 4.78 is 5.20. The van der Waals surface area contributed by atoms with E-state index in [-0.39, 0.29) is 12.6 Å². The number of hydrogen-bond acceptors (Lipinski definition) is 3. The summed E-state index contributed by atoms with van der Waals surface area (Å²) in [6.07, 6.45) is 3.04. The second-order valence-corrected chi connectivity index (χ2v) is 5.13. The van der Waals surface area contributed by atoms with Gasteiger partial charge in [0.2, 0.25) is 0 Å². The summed E-state index contributed by atoms with van der Waals surface area (Å²) in [5.74, 6) is 0.547. The van der Waals surface area contributed by atoms with E-state index in [9.17, 15) is 4.79 Å². The van der Waals surface area contributed by atoms with E-state index in [0.717, 1.165) is 19.3 Å². The van der Waals surface area contributed by atoms with Crippen LogP contribution in [0.1, 0.15) is 26.2 Å². The fraction of sp³-hybridized carbons (Fsp3) is 0.533. The van der Waals surface area contributed by atoms with Crippen LogP contribution in [0.2, 0.25) is 5.02 Å². The molecule has 0 saturated heterocycles. The molecule has 0 bridgehead atoms. The molecule has 1 rings (SSSR count). The van der Waals surface area contributed by atoms with E-state index in [2.05, 4.69) is 12.2 Å². The molecule has 0 aliphatic heterocycles. The number of nitrogens with one attached hydrogen (secondary N) is 1. The van der Waals surface area contributed by atoms with Crippen molar-refractivity contribution >= 4 is 23.3 Å². The molecule has 2 N–H and O–H groups in total. The highest BCUT2D eigenvalue weighted by atomic mass is 35.5. The Bertz CT molecular complexity index is 455. The van der Waals surface area contributed by atoms with Crippen LogP contribution in [0.4, 0.5) is 10.5 Å². The van der Waals surface area contributed by atoms with Crippen molar-refractivity contribution in [2.24, 2.45) is 0 Å². The maximum atomic E-state index is 12.3. The molecule has 21 heavy (non-hydrogen) atoms. The lowest BCUT2D eigenvalue weighted by molar-refractivity contribution is 0.187. The number of aliphatic hydroxyl groups is 1. The van der Waals surface area contributed by atoms with Crippen molar-refractivity contribution in [1.82, 2.24) is 4.90 Å². The van der Waals surface area contributed by atoms with Gasteiger partial charge in [0.05, 0.1) is 19.4 Å². The van der Waals surface area contributed by atoms with Gasteiger partial charge in [-0.05, 0) is 24.6 Å². The molecule has 5 nitrogen and oxygen atoms in total. The van der Waals surface area contributed by atoms with Crippen LogP contribution in [-0.4, -0.2) is 42.8 Å². The van der Waals surface area contributed by atoms with E-state index in [0.29, 0.717) is 29.5 Å². The number of unbranched alkanes of at least 4 members (excludes halogenated alkanes) is 2. The zero-order valence-corrected chi connectivity index (χ0v) is 13.3. The van der Waals surface area contributed by atoms with Crippen molar-refractivity contribution in [2.45, 2.75) is 26.2 Å². The summed E-state index contributed by atoms with van der Waals surface area (Å²) >= 11 is 5.94. The van der Waals surface area contributed by atoms with E-state index in [1.54, 1.807) is 23.1 Å². The molecule has 0 unspecified atom stereocenters. The lowest BCUT2D eigenvalue weighted by atomic mass is 10.2. The highest BCUT2D eigenvalue weighted by molar-refractivity contribution is 6.31. The minimum absolute atomic E-state index is 0.0633. The van der Waals surface area contributed by atoms with Gasteiger partial charge in [0.25, 0.3) is 0 Å². The predicted octanol–water partition coefficient (Wildman–Crippen LogP) is 3.37. The lowest BCUT2D eigenvalue weighted by Crippen LogP contribution is -2.37. The van der Waals surface area contributed by atoms with Crippen molar-refractivity contribution in [2.75, 3.05) is 32.1 Å². The molecule has 2 amide bonds. The number of ether oxygens (including phenoxy) is 1. The zero-order chi connectivity index (χ0) is 15.7. The van der Waals surface area contributed by atoms with Crippen LogP contribution in [0.3, 0.4) is 0 Å². The lowest BCUT2D eigenvalue weighted by Gasteiger charge is -2.22. The summed E-state index contributed by atoms with van der Waals surface area (Å²) in [6, 6.07) is 4.77. The first-order chi connectivity index (χ1) is 10.1. The number of methoxy groups -OCH3 is 1. The number of hydrogen-bond donors (Lipinski definition) is 2. The van der Waals surface area contributed by atoms with Crippen molar-refractivity contribution in [3.05, 3.63) is 23.2 Å². The number of benzene rings is 1. The minimum atomic E-state index is -0.263. The molecular formula is C15H23ClN2O3. The van der Waals surface area contributed by atoms with Crippen molar-refractivity contribution in [3.8, 4) is 5.75 Å². The van der Waals surface area contributed by atoms with E-state index < -0.39 is 0 Å². The number of aliphatic hydroxyl groups excluding tert-OH is 1. The number of rotatable bonds is 8. The van der Waals surface area contributed by atoms with Gasteiger partial charge >= 0.3 is 6.03 Å². The molecule has 0 aliphatic carbocycles. The summed E-state index contributed by atoms with van der Waals surface area (Å²) in [6.45, 7) is 2.96. The third-order valence-electron chi connectivity index (χ3n) is 3.09. The first kappa shape index (κ1) is 17.6. The van der Waals surface area contributed by atoms with Crippen molar-refractivity contribution in [1.29, 1.82) is 0 Å². The minimum Gasteiger partial charge on any atom is -0.495 e. The standard InChI is InChI=1S/C15H23ClN2O3/c1-3-4-5-8-18(9-10-19)15(20)17-13-11-12(16)6-7-14(13)21-2/h6-7,11,19H,3-5,8-10H2,1-2H3,(H,17,20). The second-order valence-electron chi connectivity index (χ2n) is 4.69. The number of urea groups is 1. The average Bonchev–Trinajstić information content (AvgIpc) is 2.46. The monoisotopic (exact) mass is 314 g/mol. The zero-order valence-electron chi connectivity index (χ0n) is 12.6. The fourth-order valence-corrected chi connectivity index (χ4v) is 2.13. The van der Waals surface area contributed by atoms with Crippen LogP contribution in [0.15, 0.2) is 18.2 Å². The number of carbonyl (C=O) groups is 1. The van der Waals surface area contributed by atoms with Crippen LogP contribution in [0, 0.1) is 0 Å². The molecule has 0 fully saturated rings. The Morgan fingerprint density at radius 1 is 1.38 bits per heavy atom. The second kappa shape index (κ2) is 9.47. The smallest absolute Gasteiger partial charge is 0.322 e. The van der Waals surface area contributed by atoms with Gasteiger partial charge < -0.3 is 20.1 Å². The maximum absolute atomic E-state index is 12.3. The third-order valence-corrected chi connectivity index (χ3v) is 3.33. The summed E-state index contributed by atoms with van der Waals surface area (Å²) in [7, 11) is 1.53. The Morgan fingerprint density at radius 3 is 2.76 bits per heavy atom. The molecule has 1 aromatic rings. The van der Waals surface area contributed by atoms with Crippen LogP contribution in [-0.2, 0) is 0 Å². The molecule has 0 aliphatic rings. The van der Waals surface area contributed by atoms with Crippen LogP contribution in [0.25, 0.3) is 0 Å². The van der Waals surface area contributed by atoms with Gasteiger partial charge in [0, 0.05) is 18.1 Å². The van der Waals surface area contributed by atoms with Gasteiger partial charge in [-0.1, -0.05) is 31.4 Å². The van der Waals surface area contributed by atoms with Gasteiger partial charge in [-0.2, -0.15) is 0 Å². The molecular weight excluding hydrogens is 292 g/mol. The largest absolute Gasteiger partial charge is 0.495 e. The van der Waals surface area contributed by atoms with Crippen LogP contribution in [0.5, 0.6) is 5.75 Å². The van der Waals surface area contributed by atoms with E-state index >= 15 is 0 Å². The molecule has 118 valence electrons. The Kier molecular flexibility index (Phi) is 7.93. The molecule has 0 saturated carbocycles. The topological polar surface area (TPSA) is 61.8 Å². The van der Waals surface area contributed by atoms with Gasteiger partial charge in [0.1, 0.15) is 5.75 Å². The third kappa shape index (κ3) is 5.81. The summed E-state index contributed by atoms with van der Waals surface area (Å²) in [5.41, 5.74) is 0.522. The average molecular weight is 315 g/mol. The molecule has 0 aromatic heterocycles. The Balaban J connectivity index is 2.73. The molecule has 0 heterocycles.